The number of aryl methyl sites for hydroxylation is 1. The molecule has 0 saturated carbocycles. The number of hydrogen-bond donors (Lipinski definition) is 0. The molecular weight excluding hydrogens is 234 g/mol. The molecule has 0 saturated heterocycles. The number of nitrogens with zero attached hydrogens (tertiary/aromatic N) is 1. The van der Waals surface area contributed by atoms with E-state index in [-0.39, 0.29) is 0 Å². The summed E-state index contributed by atoms with van der Waals surface area (Å²) in [6, 6.07) is 1.66. The highest BCUT2D eigenvalue weighted by Gasteiger charge is 2.10. The van der Waals surface area contributed by atoms with Crippen LogP contribution in [0.15, 0.2) is 29.6 Å². The third-order valence-corrected chi connectivity index (χ3v) is 1.90. The first kappa shape index (κ1) is 9.92. The smallest absolute Gasteiger partial charge is 0.344 e. The predicted octanol–water partition coefficient (Wildman–Crippen LogP) is 2.45. The Morgan fingerprint density at radius 1 is 1.77 bits per heavy atom. The molecule has 0 aliphatic heterocycles. The van der Waals surface area contributed by atoms with Crippen LogP contribution in [0.1, 0.15) is 16.1 Å². The molecule has 0 spiro atoms. The minimum atomic E-state index is -0.443. The molecule has 68 valence electrons. The van der Waals surface area contributed by atoms with Crippen LogP contribution >= 0.6 is 15.9 Å². The van der Waals surface area contributed by atoms with Gasteiger partial charge in [-0.1, -0.05) is 6.58 Å². The van der Waals surface area contributed by atoms with E-state index in [1.165, 1.54) is 0 Å². The summed E-state index contributed by atoms with van der Waals surface area (Å²) in [7, 11) is 0. The van der Waals surface area contributed by atoms with Crippen molar-refractivity contribution < 1.29 is 9.53 Å². The molecule has 1 aromatic rings. The average molecular weight is 242 g/mol. The molecule has 0 unspecified atom stereocenters. The summed E-state index contributed by atoms with van der Waals surface area (Å²) >= 11 is 3.22. The van der Waals surface area contributed by atoms with E-state index in [0.717, 1.165) is 10.7 Å². The van der Waals surface area contributed by atoms with Gasteiger partial charge in [0.2, 0.25) is 0 Å². The Bertz CT molecular complexity index is 349. The molecular formula is C9H8BrNO2. The first-order valence-corrected chi connectivity index (χ1v) is 4.38. The quantitative estimate of drug-likeness (QED) is 0.590. The molecule has 0 bridgehead atoms. The van der Waals surface area contributed by atoms with Crippen molar-refractivity contribution in [2.75, 3.05) is 0 Å². The van der Waals surface area contributed by atoms with E-state index in [1.54, 1.807) is 19.2 Å². The Hall–Kier alpha value is -1.16. The van der Waals surface area contributed by atoms with Crippen molar-refractivity contribution in [3.63, 3.8) is 0 Å². The maximum Gasteiger partial charge on any atom is 0.344 e. The van der Waals surface area contributed by atoms with Crippen LogP contribution in [-0.4, -0.2) is 11.0 Å². The zero-order valence-electron chi connectivity index (χ0n) is 7.08. The van der Waals surface area contributed by atoms with E-state index < -0.39 is 5.97 Å². The number of hydrogen-bond acceptors (Lipinski definition) is 3. The van der Waals surface area contributed by atoms with Gasteiger partial charge >= 0.3 is 5.97 Å². The maximum atomic E-state index is 11.3. The molecule has 0 N–H and O–H groups in total. The number of carbonyl (C=O) groups excluding carboxylic acids is 1. The van der Waals surface area contributed by atoms with Crippen molar-refractivity contribution in [3.05, 3.63) is 40.8 Å². The van der Waals surface area contributed by atoms with Crippen molar-refractivity contribution in [1.82, 2.24) is 4.98 Å². The summed E-state index contributed by atoms with van der Waals surface area (Å²) < 4.78 is 5.37. The molecule has 0 aliphatic carbocycles. The first-order chi connectivity index (χ1) is 6.15. The molecule has 3 nitrogen and oxygen atoms in total. The summed E-state index contributed by atoms with van der Waals surface area (Å²) in [6.07, 6.45) is 2.72. The first-order valence-electron chi connectivity index (χ1n) is 3.59. The van der Waals surface area contributed by atoms with Crippen LogP contribution in [0, 0.1) is 6.92 Å². The maximum absolute atomic E-state index is 11.3. The Morgan fingerprint density at radius 2 is 2.46 bits per heavy atom. The van der Waals surface area contributed by atoms with Gasteiger partial charge in [0.15, 0.2) is 0 Å². The number of carbonyl (C=O) groups is 1. The molecule has 0 aromatic carbocycles. The minimum absolute atomic E-state index is 0.439. The van der Waals surface area contributed by atoms with Crippen LogP contribution < -0.4 is 0 Å². The van der Waals surface area contributed by atoms with Gasteiger partial charge in [0, 0.05) is 10.7 Å². The standard InChI is InChI=1S/C9H8BrNO2/c1-3-13-9(12)8-4-7(10)5-11-6(8)2/h3-5H,1H2,2H3. The second-order valence-electron chi connectivity index (χ2n) is 2.36. The van der Waals surface area contributed by atoms with Gasteiger partial charge in [-0.15, -0.1) is 0 Å². The summed E-state index contributed by atoms with van der Waals surface area (Å²) in [5.41, 5.74) is 1.07. The Morgan fingerprint density at radius 3 is 3.08 bits per heavy atom. The third-order valence-electron chi connectivity index (χ3n) is 1.46. The van der Waals surface area contributed by atoms with Crippen LogP contribution in [-0.2, 0) is 4.74 Å². The number of esters is 1. The fourth-order valence-corrected chi connectivity index (χ4v) is 1.18. The van der Waals surface area contributed by atoms with E-state index >= 15 is 0 Å². The van der Waals surface area contributed by atoms with Crippen LogP contribution in [0.4, 0.5) is 0 Å². The molecule has 1 heterocycles. The van der Waals surface area contributed by atoms with Crippen LogP contribution in [0.5, 0.6) is 0 Å². The number of ether oxygens (including phenoxy) is 1. The van der Waals surface area contributed by atoms with Gasteiger partial charge in [0.1, 0.15) is 0 Å². The summed E-state index contributed by atoms with van der Waals surface area (Å²) in [5, 5.41) is 0. The van der Waals surface area contributed by atoms with E-state index in [2.05, 4.69) is 32.2 Å². The Balaban J connectivity index is 3.05. The molecule has 1 aromatic heterocycles. The molecule has 0 radical (unpaired) electrons. The number of halogens is 1. The van der Waals surface area contributed by atoms with Gasteiger partial charge in [-0.25, -0.2) is 4.79 Å². The zero-order valence-corrected chi connectivity index (χ0v) is 8.67. The summed E-state index contributed by atoms with van der Waals surface area (Å²) in [6.45, 7) is 5.05. The SMILES string of the molecule is C=COC(=O)c1cc(Br)cnc1C. The van der Waals surface area contributed by atoms with Crippen LogP contribution in [0.3, 0.4) is 0 Å². The predicted molar refractivity (Wildman–Crippen MR) is 52.3 cm³/mol. The van der Waals surface area contributed by atoms with Crippen molar-refractivity contribution in [1.29, 1.82) is 0 Å². The van der Waals surface area contributed by atoms with Crippen molar-refractivity contribution in [2.45, 2.75) is 6.92 Å². The topological polar surface area (TPSA) is 39.2 Å². The number of pyridine rings is 1. The fraction of sp³-hybridized carbons (Fsp3) is 0.111. The second kappa shape index (κ2) is 4.18. The monoisotopic (exact) mass is 241 g/mol. The van der Waals surface area contributed by atoms with Gasteiger partial charge in [-0.05, 0) is 28.9 Å². The van der Waals surface area contributed by atoms with Gasteiger partial charge in [-0.2, -0.15) is 0 Å². The highest BCUT2D eigenvalue weighted by molar-refractivity contribution is 9.10. The zero-order chi connectivity index (χ0) is 9.84. The normalized spacial score (nSPS) is 9.38. The van der Waals surface area contributed by atoms with E-state index in [9.17, 15) is 4.79 Å². The highest BCUT2D eigenvalue weighted by atomic mass is 79.9. The summed E-state index contributed by atoms with van der Waals surface area (Å²) in [4.78, 5) is 15.3. The lowest BCUT2D eigenvalue weighted by atomic mass is 10.2. The van der Waals surface area contributed by atoms with Crippen LogP contribution in [0.2, 0.25) is 0 Å². The van der Waals surface area contributed by atoms with E-state index in [0.29, 0.717) is 11.3 Å². The van der Waals surface area contributed by atoms with Crippen molar-refractivity contribution in [3.8, 4) is 0 Å². The van der Waals surface area contributed by atoms with Gasteiger partial charge in [0.05, 0.1) is 17.5 Å². The number of aromatic nitrogens is 1. The largest absolute Gasteiger partial charge is 0.431 e. The lowest BCUT2D eigenvalue weighted by Gasteiger charge is -2.02. The summed E-state index contributed by atoms with van der Waals surface area (Å²) in [5.74, 6) is -0.443. The molecule has 4 heteroatoms. The van der Waals surface area contributed by atoms with Gasteiger partial charge in [-0.3, -0.25) is 4.98 Å². The molecule has 0 amide bonds. The molecule has 0 aliphatic rings. The lowest BCUT2D eigenvalue weighted by molar-refractivity contribution is 0.0663. The van der Waals surface area contributed by atoms with E-state index in [1.807, 2.05) is 0 Å². The molecule has 13 heavy (non-hydrogen) atoms. The average Bonchev–Trinajstić information content (AvgIpc) is 2.09. The van der Waals surface area contributed by atoms with E-state index in [4.69, 9.17) is 0 Å². The molecule has 0 atom stereocenters. The molecule has 1 rings (SSSR count). The molecule has 0 fully saturated rings. The number of rotatable bonds is 2. The van der Waals surface area contributed by atoms with Crippen molar-refractivity contribution in [2.24, 2.45) is 0 Å². The van der Waals surface area contributed by atoms with Crippen molar-refractivity contribution >= 4 is 21.9 Å². The minimum Gasteiger partial charge on any atom is -0.431 e. The Kier molecular flexibility index (Phi) is 3.19. The van der Waals surface area contributed by atoms with Gasteiger partial charge < -0.3 is 4.74 Å². The lowest BCUT2D eigenvalue weighted by Crippen LogP contribution is -2.04. The fourth-order valence-electron chi connectivity index (χ4n) is 0.853. The second-order valence-corrected chi connectivity index (χ2v) is 3.27. The third kappa shape index (κ3) is 2.39. The van der Waals surface area contributed by atoms with Gasteiger partial charge in [0.25, 0.3) is 0 Å². The Labute approximate surface area is 84.6 Å². The highest BCUT2D eigenvalue weighted by Crippen LogP contribution is 2.14. The van der Waals surface area contributed by atoms with Crippen LogP contribution in [0.25, 0.3) is 0 Å².